The van der Waals surface area contributed by atoms with Crippen molar-refractivity contribution >= 4 is 17.6 Å². The van der Waals surface area contributed by atoms with Crippen molar-refractivity contribution in [1.82, 2.24) is 0 Å². The number of rotatable bonds is 5. The second-order valence-corrected chi connectivity index (χ2v) is 3.97. The number of benzene rings is 1. The number of hydrogen-bond acceptors (Lipinski definition) is 2. The Balaban J connectivity index is 3.08. The van der Waals surface area contributed by atoms with E-state index in [4.69, 9.17) is 21.4 Å². The zero-order valence-corrected chi connectivity index (χ0v) is 10.1. The van der Waals surface area contributed by atoms with E-state index >= 15 is 0 Å². The van der Waals surface area contributed by atoms with Gasteiger partial charge < -0.3 is 9.84 Å². The molecule has 0 aromatic heterocycles. The summed E-state index contributed by atoms with van der Waals surface area (Å²) in [5.41, 5.74) is 0.861. The molecular formula is C12H15ClO3. The van der Waals surface area contributed by atoms with Gasteiger partial charge in [-0.1, -0.05) is 30.7 Å². The summed E-state index contributed by atoms with van der Waals surface area (Å²) >= 11 is 5.99. The molecule has 0 spiro atoms. The molecule has 0 saturated carbocycles. The van der Waals surface area contributed by atoms with E-state index in [0.29, 0.717) is 10.8 Å². The lowest BCUT2D eigenvalue weighted by atomic mass is 9.92. The Kier molecular flexibility index (Phi) is 4.62. The van der Waals surface area contributed by atoms with Crippen LogP contribution in [0, 0.1) is 0 Å². The Labute approximate surface area is 100.0 Å². The molecule has 1 aromatic carbocycles. The molecule has 0 fully saturated rings. The lowest BCUT2D eigenvalue weighted by molar-refractivity contribution is -0.137. The number of ether oxygens (including phenoxy) is 1. The first-order valence-corrected chi connectivity index (χ1v) is 5.52. The van der Waals surface area contributed by atoms with Crippen LogP contribution in [-0.4, -0.2) is 18.2 Å². The summed E-state index contributed by atoms with van der Waals surface area (Å²) in [5.74, 6) is -0.294. The number of methoxy groups -OCH3 is 1. The van der Waals surface area contributed by atoms with Crippen molar-refractivity contribution in [2.75, 3.05) is 7.11 Å². The highest BCUT2D eigenvalue weighted by atomic mass is 35.5. The molecule has 1 rings (SSSR count). The zero-order chi connectivity index (χ0) is 12.1. The standard InChI is InChI=1S/C12H15ClO3/c1-3-8(7-11(14)15)9-5-4-6-10(13)12(9)16-2/h4-6,8H,3,7H2,1-2H3,(H,14,15). The lowest BCUT2D eigenvalue weighted by Gasteiger charge is -2.17. The molecule has 0 bridgehead atoms. The molecule has 0 radical (unpaired) electrons. The highest BCUT2D eigenvalue weighted by molar-refractivity contribution is 6.32. The molecule has 1 atom stereocenters. The van der Waals surface area contributed by atoms with Gasteiger partial charge in [0.25, 0.3) is 0 Å². The van der Waals surface area contributed by atoms with Crippen molar-refractivity contribution in [2.45, 2.75) is 25.7 Å². The summed E-state index contributed by atoms with van der Waals surface area (Å²) in [6.07, 6.45) is 0.830. The molecule has 0 aliphatic rings. The third kappa shape index (κ3) is 2.89. The third-order valence-electron chi connectivity index (χ3n) is 2.56. The molecule has 0 saturated heterocycles. The van der Waals surface area contributed by atoms with Gasteiger partial charge in [-0.2, -0.15) is 0 Å². The minimum absolute atomic E-state index is 0.0638. The predicted octanol–water partition coefficient (Wildman–Crippen LogP) is 3.32. The fourth-order valence-electron chi connectivity index (χ4n) is 1.75. The highest BCUT2D eigenvalue weighted by Gasteiger charge is 2.19. The number of carbonyl (C=O) groups is 1. The zero-order valence-electron chi connectivity index (χ0n) is 9.37. The number of aliphatic carboxylic acids is 1. The first kappa shape index (κ1) is 12.8. The van der Waals surface area contributed by atoms with E-state index in [1.807, 2.05) is 19.1 Å². The van der Waals surface area contributed by atoms with E-state index < -0.39 is 5.97 Å². The fourth-order valence-corrected chi connectivity index (χ4v) is 2.01. The smallest absolute Gasteiger partial charge is 0.303 e. The fraction of sp³-hybridized carbons (Fsp3) is 0.417. The van der Waals surface area contributed by atoms with Gasteiger partial charge >= 0.3 is 5.97 Å². The Bertz CT molecular complexity index is 377. The van der Waals surface area contributed by atoms with Crippen LogP contribution in [0.15, 0.2) is 18.2 Å². The van der Waals surface area contributed by atoms with Crippen LogP contribution in [-0.2, 0) is 4.79 Å². The van der Waals surface area contributed by atoms with E-state index in [1.165, 1.54) is 7.11 Å². The van der Waals surface area contributed by atoms with Crippen LogP contribution < -0.4 is 4.74 Å². The van der Waals surface area contributed by atoms with Gasteiger partial charge in [0.05, 0.1) is 18.6 Å². The Hall–Kier alpha value is -1.22. The van der Waals surface area contributed by atoms with Crippen LogP contribution in [0.2, 0.25) is 5.02 Å². The maximum atomic E-state index is 10.8. The van der Waals surface area contributed by atoms with Crippen LogP contribution in [0.1, 0.15) is 31.2 Å². The van der Waals surface area contributed by atoms with E-state index in [1.54, 1.807) is 6.07 Å². The normalized spacial score (nSPS) is 12.2. The van der Waals surface area contributed by atoms with Gasteiger partial charge in [0.2, 0.25) is 0 Å². The lowest BCUT2D eigenvalue weighted by Crippen LogP contribution is -2.07. The monoisotopic (exact) mass is 242 g/mol. The van der Waals surface area contributed by atoms with Crippen molar-refractivity contribution in [3.8, 4) is 5.75 Å². The molecule has 1 aromatic rings. The minimum atomic E-state index is -0.811. The van der Waals surface area contributed by atoms with Gasteiger partial charge in [-0.05, 0) is 24.0 Å². The number of halogens is 1. The quantitative estimate of drug-likeness (QED) is 0.862. The maximum absolute atomic E-state index is 10.8. The van der Waals surface area contributed by atoms with Gasteiger partial charge in [0.1, 0.15) is 5.75 Å². The number of para-hydroxylation sites is 1. The minimum Gasteiger partial charge on any atom is -0.495 e. The molecular weight excluding hydrogens is 228 g/mol. The van der Waals surface area contributed by atoms with Crippen LogP contribution in [0.4, 0.5) is 0 Å². The molecule has 0 aliphatic carbocycles. The van der Waals surface area contributed by atoms with E-state index in [2.05, 4.69) is 0 Å². The highest BCUT2D eigenvalue weighted by Crippen LogP contribution is 2.36. The average Bonchev–Trinajstić information content (AvgIpc) is 2.25. The molecule has 0 amide bonds. The molecule has 1 unspecified atom stereocenters. The third-order valence-corrected chi connectivity index (χ3v) is 2.85. The molecule has 1 N–H and O–H groups in total. The first-order chi connectivity index (χ1) is 7.60. The summed E-state index contributed by atoms with van der Waals surface area (Å²) in [6, 6.07) is 5.41. The van der Waals surface area contributed by atoms with Gasteiger partial charge in [0.15, 0.2) is 0 Å². The van der Waals surface area contributed by atoms with Crippen molar-refractivity contribution in [3.05, 3.63) is 28.8 Å². The topological polar surface area (TPSA) is 46.5 Å². The molecule has 88 valence electrons. The van der Waals surface area contributed by atoms with Gasteiger partial charge in [0, 0.05) is 0 Å². The summed E-state index contributed by atoms with van der Waals surface area (Å²) in [5, 5.41) is 9.35. The predicted molar refractivity (Wildman–Crippen MR) is 63.3 cm³/mol. The second kappa shape index (κ2) is 5.75. The summed E-state index contributed by atoms with van der Waals surface area (Å²) in [7, 11) is 1.54. The summed E-state index contributed by atoms with van der Waals surface area (Å²) in [4.78, 5) is 10.8. The Morgan fingerprint density at radius 3 is 2.75 bits per heavy atom. The summed E-state index contributed by atoms with van der Waals surface area (Å²) in [6.45, 7) is 1.95. The van der Waals surface area contributed by atoms with Crippen LogP contribution >= 0.6 is 11.6 Å². The van der Waals surface area contributed by atoms with Gasteiger partial charge in [-0.15, -0.1) is 0 Å². The number of carboxylic acid groups (broad SMARTS) is 1. The van der Waals surface area contributed by atoms with Crippen molar-refractivity contribution in [1.29, 1.82) is 0 Å². The number of hydrogen-bond donors (Lipinski definition) is 1. The van der Waals surface area contributed by atoms with Crippen LogP contribution in [0.5, 0.6) is 5.75 Å². The van der Waals surface area contributed by atoms with Gasteiger partial charge in [-0.25, -0.2) is 0 Å². The van der Waals surface area contributed by atoms with E-state index in [-0.39, 0.29) is 12.3 Å². The van der Waals surface area contributed by atoms with Crippen LogP contribution in [0.25, 0.3) is 0 Å². The van der Waals surface area contributed by atoms with Crippen molar-refractivity contribution < 1.29 is 14.6 Å². The largest absolute Gasteiger partial charge is 0.495 e. The average molecular weight is 243 g/mol. The van der Waals surface area contributed by atoms with Gasteiger partial charge in [-0.3, -0.25) is 4.79 Å². The summed E-state index contributed by atoms with van der Waals surface area (Å²) < 4.78 is 5.22. The second-order valence-electron chi connectivity index (χ2n) is 3.57. The Morgan fingerprint density at radius 2 is 2.25 bits per heavy atom. The van der Waals surface area contributed by atoms with E-state index in [9.17, 15) is 4.79 Å². The SMILES string of the molecule is CCC(CC(=O)O)c1cccc(Cl)c1OC. The molecule has 3 nitrogen and oxygen atoms in total. The molecule has 4 heteroatoms. The first-order valence-electron chi connectivity index (χ1n) is 5.14. The molecule has 0 heterocycles. The van der Waals surface area contributed by atoms with Crippen LogP contribution in [0.3, 0.4) is 0 Å². The van der Waals surface area contributed by atoms with Crippen molar-refractivity contribution in [2.24, 2.45) is 0 Å². The molecule has 16 heavy (non-hydrogen) atoms. The molecule has 0 aliphatic heterocycles. The number of carboxylic acids is 1. The maximum Gasteiger partial charge on any atom is 0.303 e. The Morgan fingerprint density at radius 1 is 1.56 bits per heavy atom. The van der Waals surface area contributed by atoms with E-state index in [0.717, 1.165) is 12.0 Å². The van der Waals surface area contributed by atoms with Crippen molar-refractivity contribution in [3.63, 3.8) is 0 Å².